The predicted molar refractivity (Wildman–Crippen MR) is 185 cm³/mol. The van der Waals surface area contributed by atoms with Gasteiger partial charge in [0.25, 0.3) is 0 Å². The maximum atomic E-state index is 14.6. The van der Waals surface area contributed by atoms with Gasteiger partial charge in [-0.1, -0.05) is 12.1 Å². The molecule has 11 nitrogen and oxygen atoms in total. The third-order valence-electron chi connectivity index (χ3n) is 11.9. The first-order chi connectivity index (χ1) is 23.6. The normalized spacial score (nSPS) is 26.8. The molecule has 11 heteroatoms. The minimum absolute atomic E-state index is 0.00926. The first-order valence-corrected chi connectivity index (χ1v) is 18.0. The van der Waals surface area contributed by atoms with Crippen molar-refractivity contribution in [2.75, 3.05) is 31.6 Å². The van der Waals surface area contributed by atoms with E-state index in [1.807, 2.05) is 28.0 Å². The highest BCUT2D eigenvalue weighted by molar-refractivity contribution is 5.93. The van der Waals surface area contributed by atoms with Crippen LogP contribution in [-0.4, -0.2) is 80.7 Å². The Kier molecular flexibility index (Phi) is 9.15. The van der Waals surface area contributed by atoms with Crippen molar-refractivity contribution in [3.05, 3.63) is 54.0 Å². The second kappa shape index (κ2) is 13.4. The van der Waals surface area contributed by atoms with Gasteiger partial charge in [-0.25, -0.2) is 14.8 Å². The van der Waals surface area contributed by atoms with Crippen LogP contribution in [0.25, 0.3) is 11.3 Å². The Hall–Kier alpha value is -3.99. The molecule has 2 amide bonds. The highest BCUT2D eigenvalue weighted by atomic mass is 16.6. The van der Waals surface area contributed by atoms with Crippen LogP contribution in [0.15, 0.2) is 42.9 Å². The second-order valence-corrected chi connectivity index (χ2v) is 15.3. The SMILES string of the molecule is COc1ccc(C23CCC(CN(c4nccc(-c5cnn(C(C)C)c5)n4)C(=O)[C@H]4CC[C@H](OC(=O)N5CC(O)C5)CC4)(CC2)CC3)cc1C. The number of methoxy groups -OCH3 is 1. The molecule has 1 N–H and O–H groups in total. The van der Waals surface area contributed by atoms with Gasteiger partial charge in [0.05, 0.1) is 38.2 Å². The van der Waals surface area contributed by atoms with Gasteiger partial charge in [-0.3, -0.25) is 14.4 Å². The molecule has 1 saturated heterocycles. The van der Waals surface area contributed by atoms with Crippen LogP contribution in [0.4, 0.5) is 10.7 Å². The fraction of sp³-hybridized carbons (Fsp3) is 0.605. The summed E-state index contributed by atoms with van der Waals surface area (Å²) < 4.78 is 13.2. The van der Waals surface area contributed by atoms with Gasteiger partial charge in [0.15, 0.2) is 0 Å². The molecule has 0 spiro atoms. The molecular weight excluding hydrogens is 620 g/mol. The fourth-order valence-corrected chi connectivity index (χ4v) is 8.59. The zero-order chi connectivity index (χ0) is 34.3. The van der Waals surface area contributed by atoms with Crippen LogP contribution in [0.5, 0.6) is 5.75 Å². The van der Waals surface area contributed by atoms with Gasteiger partial charge in [0, 0.05) is 36.5 Å². The number of aliphatic hydroxyl groups is 1. The van der Waals surface area contributed by atoms with Gasteiger partial charge >= 0.3 is 6.09 Å². The summed E-state index contributed by atoms with van der Waals surface area (Å²) in [5, 5.41) is 14.1. The van der Waals surface area contributed by atoms with Crippen LogP contribution in [0.1, 0.15) is 95.2 Å². The Morgan fingerprint density at radius 3 is 2.37 bits per heavy atom. The molecule has 4 aliphatic carbocycles. The number of aliphatic hydroxyl groups excluding tert-OH is 1. The average molecular weight is 671 g/mol. The number of carbonyl (C=O) groups excluding carboxylic acids is 2. The maximum Gasteiger partial charge on any atom is 0.410 e. The van der Waals surface area contributed by atoms with Gasteiger partial charge in [-0.2, -0.15) is 5.10 Å². The number of amides is 2. The van der Waals surface area contributed by atoms with E-state index in [4.69, 9.17) is 19.4 Å². The number of carbonyl (C=O) groups is 2. The molecule has 3 aromatic rings. The molecule has 2 bridgehead atoms. The molecule has 1 aliphatic heterocycles. The van der Waals surface area contributed by atoms with Crippen molar-refractivity contribution in [2.24, 2.45) is 11.3 Å². The number of anilines is 1. The number of hydrogen-bond donors (Lipinski definition) is 1. The average Bonchev–Trinajstić information content (AvgIpc) is 3.61. The monoisotopic (exact) mass is 670 g/mol. The van der Waals surface area contributed by atoms with E-state index >= 15 is 0 Å². The van der Waals surface area contributed by atoms with Crippen molar-refractivity contribution in [3.8, 4) is 17.0 Å². The van der Waals surface area contributed by atoms with E-state index in [0.717, 1.165) is 55.5 Å². The molecule has 0 radical (unpaired) electrons. The number of β-amino-alcohol motifs (C(OH)–C–C–N with tert-alkyl or cyclic N) is 1. The fourth-order valence-electron chi connectivity index (χ4n) is 8.59. The molecule has 0 atom stereocenters. The van der Waals surface area contributed by atoms with Crippen molar-refractivity contribution < 1.29 is 24.2 Å². The van der Waals surface area contributed by atoms with E-state index in [2.05, 4.69) is 44.1 Å². The highest BCUT2D eigenvalue weighted by Gasteiger charge is 2.51. The lowest BCUT2D eigenvalue weighted by atomic mass is 9.51. The Labute approximate surface area is 289 Å². The Morgan fingerprint density at radius 2 is 1.76 bits per heavy atom. The molecule has 3 heterocycles. The zero-order valence-electron chi connectivity index (χ0n) is 29.3. The van der Waals surface area contributed by atoms with Crippen LogP contribution >= 0.6 is 0 Å². The zero-order valence-corrected chi connectivity index (χ0v) is 29.3. The lowest BCUT2D eigenvalue weighted by Gasteiger charge is -2.55. The number of rotatable bonds is 9. The summed E-state index contributed by atoms with van der Waals surface area (Å²) in [7, 11) is 1.72. The molecular formula is C38H50N6O5. The van der Waals surface area contributed by atoms with E-state index in [1.165, 1.54) is 16.0 Å². The second-order valence-electron chi connectivity index (χ2n) is 15.3. The van der Waals surface area contributed by atoms with Crippen LogP contribution in [0, 0.1) is 18.3 Å². The summed E-state index contributed by atoms with van der Waals surface area (Å²) in [5.41, 5.74) is 4.41. The quantitative estimate of drug-likeness (QED) is 0.284. The Balaban J connectivity index is 1.10. The number of fused-ring (bicyclic) bond motifs is 3. The molecule has 5 aliphatic rings. The third-order valence-corrected chi connectivity index (χ3v) is 11.9. The summed E-state index contributed by atoms with van der Waals surface area (Å²) in [5.74, 6) is 1.25. The van der Waals surface area contributed by atoms with E-state index < -0.39 is 6.10 Å². The summed E-state index contributed by atoms with van der Waals surface area (Å²) in [6.45, 7) is 7.54. The summed E-state index contributed by atoms with van der Waals surface area (Å²) in [4.78, 5) is 40.2. The molecule has 2 aromatic heterocycles. The van der Waals surface area contributed by atoms with Gasteiger partial charge < -0.3 is 19.5 Å². The number of hydrogen-bond acceptors (Lipinski definition) is 8. The maximum absolute atomic E-state index is 14.6. The van der Waals surface area contributed by atoms with Crippen molar-refractivity contribution in [1.82, 2.24) is 24.6 Å². The first kappa shape index (κ1) is 33.5. The molecule has 262 valence electrons. The van der Waals surface area contributed by atoms with Gasteiger partial charge in [-0.15, -0.1) is 0 Å². The number of aryl methyl sites for hydroxylation is 1. The third kappa shape index (κ3) is 6.66. The van der Waals surface area contributed by atoms with Crippen molar-refractivity contribution in [1.29, 1.82) is 0 Å². The van der Waals surface area contributed by atoms with E-state index in [0.29, 0.717) is 51.3 Å². The standard InChI is InChI=1S/C38H50N6O5/c1-25(2)44-21-28(20-40-44)32-11-18-39-35(41-32)43(34(46)27-5-8-31(9-6-27)49-36(47)42-22-30(45)23-42)24-37-12-15-38(16-13-37,17-14-37)29-7-10-33(48-4)26(3)19-29/h7,10-11,18-21,25,27,30-31,45H,5-6,8-9,12-17,22-24H2,1-4H3/t27-,31-,37?,38?. The minimum Gasteiger partial charge on any atom is -0.496 e. The number of aromatic nitrogens is 4. The number of ether oxygens (including phenoxy) is 2. The van der Waals surface area contributed by atoms with Crippen LogP contribution in [0.3, 0.4) is 0 Å². The minimum atomic E-state index is -0.463. The van der Waals surface area contributed by atoms with E-state index in [1.54, 1.807) is 13.3 Å². The van der Waals surface area contributed by atoms with Crippen LogP contribution in [-0.2, 0) is 14.9 Å². The number of benzene rings is 1. The van der Waals surface area contributed by atoms with E-state index in [9.17, 15) is 14.7 Å². The molecule has 5 fully saturated rings. The number of nitrogens with zero attached hydrogens (tertiary/aromatic N) is 6. The molecule has 49 heavy (non-hydrogen) atoms. The Morgan fingerprint density at radius 1 is 1.04 bits per heavy atom. The summed E-state index contributed by atoms with van der Waals surface area (Å²) >= 11 is 0. The molecule has 1 aromatic carbocycles. The lowest BCUT2D eigenvalue weighted by Crippen LogP contribution is -2.54. The summed E-state index contributed by atoms with van der Waals surface area (Å²) in [6, 6.07) is 8.78. The lowest BCUT2D eigenvalue weighted by molar-refractivity contribution is -0.125. The van der Waals surface area contributed by atoms with Crippen molar-refractivity contribution in [2.45, 2.75) is 109 Å². The highest BCUT2D eigenvalue weighted by Crippen LogP contribution is 2.58. The molecule has 0 unspecified atom stereocenters. The van der Waals surface area contributed by atoms with Crippen LogP contribution < -0.4 is 9.64 Å². The molecule has 8 rings (SSSR count). The summed E-state index contributed by atoms with van der Waals surface area (Å²) in [6.07, 6.45) is 13.5. The van der Waals surface area contributed by atoms with Crippen molar-refractivity contribution in [3.63, 3.8) is 0 Å². The van der Waals surface area contributed by atoms with Gasteiger partial charge in [-0.05, 0) is 119 Å². The topological polar surface area (TPSA) is 123 Å². The molecule has 4 saturated carbocycles. The van der Waals surface area contributed by atoms with Crippen molar-refractivity contribution >= 4 is 17.9 Å². The largest absolute Gasteiger partial charge is 0.496 e. The van der Waals surface area contributed by atoms with Crippen LogP contribution in [0.2, 0.25) is 0 Å². The number of likely N-dealkylation sites (tertiary alicyclic amines) is 1. The smallest absolute Gasteiger partial charge is 0.410 e. The first-order valence-electron chi connectivity index (χ1n) is 18.0. The van der Waals surface area contributed by atoms with Gasteiger partial charge in [0.2, 0.25) is 11.9 Å². The van der Waals surface area contributed by atoms with Gasteiger partial charge in [0.1, 0.15) is 11.9 Å². The predicted octanol–water partition coefficient (Wildman–Crippen LogP) is 6.24. The Bertz CT molecular complexity index is 1650. The van der Waals surface area contributed by atoms with E-state index in [-0.39, 0.29) is 40.9 Å².